The number of urea groups is 1. The molecule has 0 saturated heterocycles. The van der Waals surface area contributed by atoms with Gasteiger partial charge in [-0.15, -0.1) is 0 Å². The topological polar surface area (TPSA) is 66.9 Å². The summed E-state index contributed by atoms with van der Waals surface area (Å²) in [5, 5.41) is 5.61. The fourth-order valence-electron chi connectivity index (χ4n) is 2.35. The number of carbonyl (C=O) groups excluding carboxylic acids is 1. The van der Waals surface area contributed by atoms with Crippen molar-refractivity contribution >= 4 is 11.7 Å². The van der Waals surface area contributed by atoms with E-state index in [-0.39, 0.29) is 12.1 Å². The van der Waals surface area contributed by atoms with E-state index in [4.69, 9.17) is 0 Å². The van der Waals surface area contributed by atoms with Gasteiger partial charge < -0.3 is 10.6 Å². The van der Waals surface area contributed by atoms with Crippen LogP contribution in [0.4, 0.5) is 14.9 Å². The largest absolute Gasteiger partial charge is 0.329 e. The van der Waals surface area contributed by atoms with E-state index in [9.17, 15) is 9.18 Å². The lowest BCUT2D eigenvalue weighted by molar-refractivity contribution is 0.246. The highest BCUT2D eigenvalue weighted by molar-refractivity contribution is 5.89. The van der Waals surface area contributed by atoms with Crippen LogP contribution in [-0.4, -0.2) is 16.0 Å². The molecular formula is C16H17FN4O. The first kappa shape index (κ1) is 14.4. The lowest BCUT2D eigenvalue weighted by Crippen LogP contribution is -2.34. The molecule has 6 heteroatoms. The first-order chi connectivity index (χ1) is 10.6. The fraction of sp³-hybridized carbons (Fsp3) is 0.312. The number of nitrogens with one attached hydrogen (secondary N) is 2. The molecule has 0 aliphatic heterocycles. The Morgan fingerprint density at radius 1 is 1.32 bits per heavy atom. The van der Waals surface area contributed by atoms with Crippen molar-refractivity contribution in [1.29, 1.82) is 0 Å². The van der Waals surface area contributed by atoms with E-state index in [1.807, 2.05) is 19.1 Å². The molecule has 1 fully saturated rings. The van der Waals surface area contributed by atoms with Crippen molar-refractivity contribution in [3.05, 3.63) is 53.9 Å². The van der Waals surface area contributed by atoms with Crippen molar-refractivity contribution in [2.24, 2.45) is 5.92 Å². The van der Waals surface area contributed by atoms with E-state index in [1.165, 1.54) is 18.3 Å². The zero-order valence-electron chi connectivity index (χ0n) is 12.2. The second-order valence-corrected chi connectivity index (χ2v) is 5.54. The summed E-state index contributed by atoms with van der Waals surface area (Å²) >= 11 is 0. The van der Waals surface area contributed by atoms with Crippen molar-refractivity contribution in [2.75, 3.05) is 5.32 Å². The molecule has 5 nitrogen and oxygen atoms in total. The number of rotatable bonds is 4. The van der Waals surface area contributed by atoms with Crippen molar-refractivity contribution in [2.45, 2.75) is 25.8 Å². The number of amides is 2. The van der Waals surface area contributed by atoms with Gasteiger partial charge in [-0.05, 0) is 55.5 Å². The van der Waals surface area contributed by atoms with Crippen LogP contribution in [0.5, 0.6) is 0 Å². The fourth-order valence-corrected chi connectivity index (χ4v) is 2.35. The SMILES string of the molecule is Cc1ccnc([C@@H](NC(=O)Nc2ccc(F)nc2)C2CC2)c1. The average molecular weight is 300 g/mol. The van der Waals surface area contributed by atoms with Crippen LogP contribution in [-0.2, 0) is 0 Å². The van der Waals surface area contributed by atoms with Crippen LogP contribution in [0.25, 0.3) is 0 Å². The van der Waals surface area contributed by atoms with Gasteiger partial charge in [-0.3, -0.25) is 4.98 Å². The third-order valence-corrected chi connectivity index (χ3v) is 3.62. The molecule has 3 rings (SSSR count). The molecule has 2 heterocycles. The number of nitrogens with zero attached hydrogens (tertiary/aromatic N) is 2. The number of aryl methyl sites for hydroxylation is 1. The first-order valence-electron chi connectivity index (χ1n) is 7.23. The Morgan fingerprint density at radius 2 is 2.14 bits per heavy atom. The summed E-state index contributed by atoms with van der Waals surface area (Å²) in [6.45, 7) is 2.00. The molecule has 2 aromatic heterocycles. The van der Waals surface area contributed by atoms with Gasteiger partial charge in [0.1, 0.15) is 0 Å². The molecule has 2 aromatic rings. The summed E-state index contributed by atoms with van der Waals surface area (Å²) in [6.07, 6.45) is 5.20. The molecule has 114 valence electrons. The molecule has 0 unspecified atom stereocenters. The maximum absolute atomic E-state index is 12.8. The van der Waals surface area contributed by atoms with Crippen LogP contribution in [0.1, 0.15) is 30.1 Å². The minimum Gasteiger partial charge on any atom is -0.329 e. The number of hydrogen-bond donors (Lipinski definition) is 2. The van der Waals surface area contributed by atoms with Gasteiger partial charge >= 0.3 is 6.03 Å². The number of pyridine rings is 2. The molecule has 0 bridgehead atoms. The highest BCUT2D eigenvalue weighted by Crippen LogP contribution is 2.40. The molecule has 2 amide bonds. The van der Waals surface area contributed by atoms with Gasteiger partial charge in [0.15, 0.2) is 0 Å². The third kappa shape index (κ3) is 3.58. The second-order valence-electron chi connectivity index (χ2n) is 5.54. The number of carbonyl (C=O) groups is 1. The van der Waals surface area contributed by atoms with Gasteiger partial charge in [0.25, 0.3) is 0 Å². The van der Waals surface area contributed by atoms with Crippen molar-refractivity contribution in [3.63, 3.8) is 0 Å². The molecular weight excluding hydrogens is 283 g/mol. The predicted octanol–water partition coefficient (Wildman–Crippen LogP) is 3.20. The van der Waals surface area contributed by atoms with E-state index < -0.39 is 5.95 Å². The second kappa shape index (κ2) is 6.09. The monoisotopic (exact) mass is 300 g/mol. The molecule has 0 aromatic carbocycles. The highest BCUT2D eigenvalue weighted by Gasteiger charge is 2.34. The summed E-state index contributed by atoms with van der Waals surface area (Å²) in [5.41, 5.74) is 2.43. The minimum atomic E-state index is -0.578. The smallest absolute Gasteiger partial charge is 0.319 e. The quantitative estimate of drug-likeness (QED) is 0.852. The van der Waals surface area contributed by atoms with Crippen LogP contribution in [0.2, 0.25) is 0 Å². The van der Waals surface area contributed by atoms with Gasteiger partial charge in [-0.25, -0.2) is 9.78 Å². The highest BCUT2D eigenvalue weighted by atomic mass is 19.1. The van der Waals surface area contributed by atoms with E-state index in [2.05, 4.69) is 20.6 Å². The van der Waals surface area contributed by atoms with Crippen LogP contribution in [0.15, 0.2) is 36.7 Å². The van der Waals surface area contributed by atoms with Gasteiger partial charge in [0.05, 0.1) is 23.6 Å². The number of aromatic nitrogens is 2. The zero-order chi connectivity index (χ0) is 15.5. The minimum absolute atomic E-state index is 0.103. The molecule has 1 aliphatic rings. The number of hydrogen-bond acceptors (Lipinski definition) is 3. The predicted molar refractivity (Wildman–Crippen MR) is 80.8 cm³/mol. The Labute approximate surface area is 128 Å². The molecule has 22 heavy (non-hydrogen) atoms. The summed E-state index contributed by atoms with van der Waals surface area (Å²) in [6, 6.07) is 6.15. The molecule has 2 N–H and O–H groups in total. The van der Waals surface area contributed by atoms with E-state index >= 15 is 0 Å². The Kier molecular flexibility index (Phi) is 4.00. The summed E-state index contributed by atoms with van der Waals surface area (Å²) < 4.78 is 12.8. The van der Waals surface area contributed by atoms with E-state index in [0.29, 0.717) is 11.6 Å². The maximum Gasteiger partial charge on any atom is 0.319 e. The zero-order valence-corrected chi connectivity index (χ0v) is 12.2. The third-order valence-electron chi connectivity index (χ3n) is 3.62. The summed E-state index contributed by atoms with van der Waals surface area (Å²) in [7, 11) is 0. The average Bonchev–Trinajstić information content (AvgIpc) is 3.32. The molecule has 1 aliphatic carbocycles. The van der Waals surface area contributed by atoms with Gasteiger partial charge in [0.2, 0.25) is 5.95 Å². The Bertz CT molecular complexity index is 670. The van der Waals surface area contributed by atoms with Crippen molar-refractivity contribution < 1.29 is 9.18 Å². The molecule has 0 radical (unpaired) electrons. The van der Waals surface area contributed by atoms with Crippen LogP contribution in [0.3, 0.4) is 0 Å². The number of halogens is 1. The van der Waals surface area contributed by atoms with Crippen LogP contribution < -0.4 is 10.6 Å². The van der Waals surface area contributed by atoms with Crippen LogP contribution >= 0.6 is 0 Å². The van der Waals surface area contributed by atoms with E-state index in [1.54, 1.807) is 6.20 Å². The Hall–Kier alpha value is -2.50. The molecule has 1 atom stereocenters. The van der Waals surface area contributed by atoms with Crippen LogP contribution in [0, 0.1) is 18.8 Å². The molecule has 0 spiro atoms. The van der Waals surface area contributed by atoms with Gasteiger partial charge in [-0.2, -0.15) is 4.39 Å². The normalized spacial score (nSPS) is 15.2. The van der Waals surface area contributed by atoms with Crippen molar-refractivity contribution in [1.82, 2.24) is 15.3 Å². The van der Waals surface area contributed by atoms with Crippen molar-refractivity contribution in [3.8, 4) is 0 Å². The Balaban J connectivity index is 1.68. The lowest BCUT2D eigenvalue weighted by atomic mass is 10.1. The number of anilines is 1. The summed E-state index contributed by atoms with van der Waals surface area (Å²) in [5.74, 6) is -0.155. The standard InChI is InChI=1S/C16H17FN4O/c1-10-6-7-18-13(8-10)15(11-2-3-11)21-16(22)20-12-4-5-14(17)19-9-12/h4-9,11,15H,2-3H2,1H3,(H2,20,21,22)/t15-/m0/s1. The first-order valence-corrected chi connectivity index (χ1v) is 7.23. The lowest BCUT2D eigenvalue weighted by Gasteiger charge is -2.18. The Morgan fingerprint density at radius 3 is 2.77 bits per heavy atom. The maximum atomic E-state index is 12.8. The van der Waals surface area contributed by atoms with E-state index in [0.717, 1.165) is 24.1 Å². The summed E-state index contributed by atoms with van der Waals surface area (Å²) in [4.78, 5) is 20.0. The van der Waals surface area contributed by atoms with Gasteiger partial charge in [-0.1, -0.05) is 0 Å². The van der Waals surface area contributed by atoms with Gasteiger partial charge in [0, 0.05) is 6.20 Å². The molecule has 1 saturated carbocycles.